The van der Waals surface area contributed by atoms with E-state index < -0.39 is 8.07 Å². The van der Waals surface area contributed by atoms with E-state index in [2.05, 4.69) is 44.8 Å². The molecule has 0 aromatic carbocycles. The molecule has 0 aliphatic rings. The Morgan fingerprint density at radius 2 is 1.62 bits per heavy atom. The SMILES string of the molecule is CC=C[CH][Si](C)(C)C. The zero-order valence-electron chi connectivity index (χ0n) is 6.23. The summed E-state index contributed by atoms with van der Waals surface area (Å²) in [4.78, 5) is 0. The molecule has 0 saturated carbocycles. The largest absolute Gasteiger partial charge is 0.0917 e. The van der Waals surface area contributed by atoms with Gasteiger partial charge >= 0.3 is 0 Å². The Hall–Kier alpha value is -0.0431. The summed E-state index contributed by atoms with van der Waals surface area (Å²) in [6.45, 7) is 9.03. The molecule has 1 heteroatoms. The van der Waals surface area contributed by atoms with E-state index in [1.54, 1.807) is 0 Å². The first-order valence-electron chi connectivity index (χ1n) is 3.03. The zero-order chi connectivity index (χ0) is 6.62. The van der Waals surface area contributed by atoms with Gasteiger partial charge in [0.1, 0.15) is 0 Å². The Morgan fingerprint density at radius 1 is 1.12 bits per heavy atom. The van der Waals surface area contributed by atoms with Crippen LogP contribution in [-0.4, -0.2) is 8.07 Å². The molecule has 0 fully saturated rings. The molecule has 0 heterocycles. The highest BCUT2D eigenvalue weighted by Gasteiger charge is 2.08. The van der Waals surface area contributed by atoms with E-state index in [1.165, 1.54) is 0 Å². The molecule has 0 aromatic heterocycles. The van der Waals surface area contributed by atoms with Gasteiger partial charge < -0.3 is 0 Å². The van der Waals surface area contributed by atoms with E-state index in [-0.39, 0.29) is 0 Å². The Kier molecular flexibility index (Phi) is 3.06. The van der Waals surface area contributed by atoms with Crippen molar-refractivity contribution in [2.24, 2.45) is 0 Å². The molecule has 0 atom stereocenters. The lowest BCUT2D eigenvalue weighted by Crippen LogP contribution is -2.19. The highest BCUT2D eigenvalue weighted by atomic mass is 28.3. The zero-order valence-corrected chi connectivity index (χ0v) is 7.23. The molecule has 0 spiro atoms. The summed E-state index contributed by atoms with van der Waals surface area (Å²) in [6.07, 6.45) is 4.23. The van der Waals surface area contributed by atoms with Crippen LogP contribution in [-0.2, 0) is 0 Å². The summed E-state index contributed by atoms with van der Waals surface area (Å²) in [5, 5.41) is 0. The quantitative estimate of drug-likeness (QED) is 0.500. The van der Waals surface area contributed by atoms with Gasteiger partial charge in [-0.05, 0) is 13.0 Å². The van der Waals surface area contributed by atoms with Crippen LogP contribution in [0.1, 0.15) is 6.92 Å². The van der Waals surface area contributed by atoms with Crippen molar-refractivity contribution >= 4 is 8.07 Å². The number of hydrogen-bond donors (Lipinski definition) is 0. The van der Waals surface area contributed by atoms with Gasteiger partial charge in [0.15, 0.2) is 0 Å². The van der Waals surface area contributed by atoms with E-state index in [1.807, 2.05) is 0 Å². The Morgan fingerprint density at radius 3 is 1.75 bits per heavy atom. The summed E-state index contributed by atoms with van der Waals surface area (Å²) in [6, 6.07) is 2.33. The standard InChI is InChI=1S/C7H15Si/c1-5-6-7-8(2,3)4/h5-7H,1-4H3. The van der Waals surface area contributed by atoms with Crippen LogP contribution < -0.4 is 0 Å². The van der Waals surface area contributed by atoms with E-state index in [0.29, 0.717) is 0 Å². The molecule has 47 valence electrons. The molecular weight excluding hydrogens is 112 g/mol. The Bertz CT molecular complexity index is 76.9. The molecule has 0 nitrogen and oxygen atoms in total. The summed E-state index contributed by atoms with van der Waals surface area (Å²) >= 11 is 0. The maximum Gasteiger partial charge on any atom is 0.0517 e. The molecule has 0 unspecified atom stereocenters. The van der Waals surface area contributed by atoms with Crippen LogP contribution in [0.3, 0.4) is 0 Å². The van der Waals surface area contributed by atoms with Crippen molar-refractivity contribution in [3.8, 4) is 0 Å². The van der Waals surface area contributed by atoms with Gasteiger partial charge in [-0.15, -0.1) is 0 Å². The monoisotopic (exact) mass is 127 g/mol. The topological polar surface area (TPSA) is 0 Å². The molecule has 0 aromatic rings. The number of allylic oxidation sites excluding steroid dienone is 2. The predicted octanol–water partition coefficient (Wildman–Crippen LogP) is 2.64. The maximum atomic E-state index is 2.33. The molecule has 0 rings (SSSR count). The molecule has 8 heavy (non-hydrogen) atoms. The predicted molar refractivity (Wildman–Crippen MR) is 42.5 cm³/mol. The first kappa shape index (κ1) is 7.96. The fraction of sp³-hybridized carbons (Fsp3) is 0.571. The molecule has 0 N–H and O–H groups in total. The first-order chi connectivity index (χ1) is 3.56. The third-order valence-corrected chi connectivity index (χ3v) is 1.98. The van der Waals surface area contributed by atoms with Crippen LogP contribution in [0.4, 0.5) is 0 Å². The summed E-state index contributed by atoms with van der Waals surface area (Å²) in [5.74, 6) is 0. The Balaban J connectivity index is 3.39. The summed E-state index contributed by atoms with van der Waals surface area (Å²) in [5.41, 5.74) is 0. The second-order valence-corrected chi connectivity index (χ2v) is 8.12. The highest BCUT2D eigenvalue weighted by Crippen LogP contribution is 2.04. The van der Waals surface area contributed by atoms with Crippen LogP contribution in [0.5, 0.6) is 0 Å². The van der Waals surface area contributed by atoms with Gasteiger partial charge in [0.25, 0.3) is 0 Å². The van der Waals surface area contributed by atoms with Crippen molar-refractivity contribution in [1.82, 2.24) is 0 Å². The van der Waals surface area contributed by atoms with E-state index >= 15 is 0 Å². The molecule has 0 aliphatic carbocycles. The summed E-state index contributed by atoms with van der Waals surface area (Å²) < 4.78 is 0. The van der Waals surface area contributed by atoms with Gasteiger partial charge in [-0.25, -0.2) is 0 Å². The molecular formula is C7H15Si. The van der Waals surface area contributed by atoms with Crippen molar-refractivity contribution < 1.29 is 0 Å². The third-order valence-electron chi connectivity index (χ3n) is 0.789. The normalized spacial score (nSPS) is 13.0. The van der Waals surface area contributed by atoms with E-state index in [4.69, 9.17) is 0 Å². The fourth-order valence-electron chi connectivity index (χ4n) is 0.385. The Labute approximate surface area is 53.6 Å². The van der Waals surface area contributed by atoms with Crippen LogP contribution in [0, 0.1) is 6.04 Å². The molecule has 1 radical (unpaired) electrons. The van der Waals surface area contributed by atoms with Crippen molar-refractivity contribution in [2.75, 3.05) is 0 Å². The fourth-order valence-corrected chi connectivity index (χ4v) is 1.15. The van der Waals surface area contributed by atoms with Gasteiger partial charge in [0.2, 0.25) is 0 Å². The van der Waals surface area contributed by atoms with Crippen LogP contribution >= 0.6 is 0 Å². The molecule has 0 amide bonds. The minimum absolute atomic E-state index is 0.890. The second kappa shape index (κ2) is 3.08. The lowest BCUT2D eigenvalue weighted by atomic mass is 10.6. The second-order valence-electron chi connectivity index (χ2n) is 3.06. The summed E-state index contributed by atoms with van der Waals surface area (Å²) in [7, 11) is -0.890. The van der Waals surface area contributed by atoms with Crippen LogP contribution in [0.2, 0.25) is 19.6 Å². The maximum absolute atomic E-state index is 2.33. The minimum atomic E-state index is -0.890. The molecule has 0 aliphatic heterocycles. The highest BCUT2D eigenvalue weighted by molar-refractivity contribution is 6.80. The van der Waals surface area contributed by atoms with Gasteiger partial charge in [-0.1, -0.05) is 31.8 Å². The van der Waals surface area contributed by atoms with Crippen molar-refractivity contribution in [2.45, 2.75) is 26.6 Å². The van der Waals surface area contributed by atoms with Gasteiger partial charge in [-0.3, -0.25) is 0 Å². The number of rotatable bonds is 2. The number of hydrogen-bond acceptors (Lipinski definition) is 0. The lowest BCUT2D eigenvalue weighted by molar-refractivity contribution is 1.63. The minimum Gasteiger partial charge on any atom is -0.0917 e. The van der Waals surface area contributed by atoms with E-state index in [0.717, 1.165) is 0 Å². The lowest BCUT2D eigenvalue weighted by Gasteiger charge is -2.10. The first-order valence-corrected chi connectivity index (χ1v) is 6.61. The van der Waals surface area contributed by atoms with E-state index in [9.17, 15) is 0 Å². The third kappa shape index (κ3) is 5.96. The smallest absolute Gasteiger partial charge is 0.0517 e. The van der Waals surface area contributed by atoms with Crippen molar-refractivity contribution in [3.63, 3.8) is 0 Å². The van der Waals surface area contributed by atoms with Crippen molar-refractivity contribution in [3.05, 3.63) is 18.2 Å². The average molecular weight is 127 g/mol. The van der Waals surface area contributed by atoms with Crippen LogP contribution in [0.15, 0.2) is 12.2 Å². The molecule has 0 bridgehead atoms. The van der Waals surface area contributed by atoms with Gasteiger partial charge in [0, 0.05) is 0 Å². The van der Waals surface area contributed by atoms with Crippen LogP contribution in [0.25, 0.3) is 0 Å². The van der Waals surface area contributed by atoms with Crippen molar-refractivity contribution in [1.29, 1.82) is 0 Å². The van der Waals surface area contributed by atoms with Gasteiger partial charge in [-0.2, -0.15) is 0 Å². The molecule has 0 saturated heterocycles. The average Bonchev–Trinajstić information content (AvgIpc) is 1.59. The van der Waals surface area contributed by atoms with Gasteiger partial charge in [0.05, 0.1) is 8.07 Å².